The molecule has 5 nitrogen and oxygen atoms in total. The van der Waals surface area contributed by atoms with E-state index in [1.807, 2.05) is 26.8 Å². The van der Waals surface area contributed by atoms with Crippen LogP contribution >= 0.6 is 0 Å². The standard InChI is InChI=1S/C13H17NO4S.C4H6.C2H6/c1-10-3-4-11(12(9-10)18-19(2)16)13(15)14-5-7-17-8-6-14;1-3-4-2;1-2/h3-4,9H,5-8H2,1-2H3;3-4H,1-2H2;1-2H3. The van der Waals surface area contributed by atoms with E-state index in [4.69, 9.17) is 8.92 Å². The van der Waals surface area contributed by atoms with Crippen molar-refractivity contribution in [3.63, 3.8) is 0 Å². The van der Waals surface area contributed by atoms with Gasteiger partial charge in [0.25, 0.3) is 5.91 Å². The molecule has 2 rings (SSSR count). The van der Waals surface area contributed by atoms with Gasteiger partial charge in [0.1, 0.15) is 0 Å². The summed E-state index contributed by atoms with van der Waals surface area (Å²) in [7, 11) is 0. The van der Waals surface area contributed by atoms with Gasteiger partial charge in [0.15, 0.2) is 5.75 Å². The van der Waals surface area contributed by atoms with Crippen molar-refractivity contribution < 1.29 is 17.9 Å². The number of hydrogen-bond donors (Lipinski definition) is 0. The molecule has 1 heterocycles. The second-order valence-corrected chi connectivity index (χ2v) is 5.83. The predicted molar refractivity (Wildman–Crippen MR) is 104 cm³/mol. The molecule has 0 radical (unpaired) electrons. The summed E-state index contributed by atoms with van der Waals surface area (Å²) in [5, 5.41) is 0. The molecule has 25 heavy (non-hydrogen) atoms. The monoisotopic (exact) mass is 367 g/mol. The fraction of sp³-hybridized carbons (Fsp3) is 0.421. The van der Waals surface area contributed by atoms with Crippen molar-refractivity contribution in [3.05, 3.63) is 54.6 Å². The van der Waals surface area contributed by atoms with Gasteiger partial charge in [-0.15, -0.1) is 0 Å². The van der Waals surface area contributed by atoms with E-state index < -0.39 is 11.1 Å². The van der Waals surface area contributed by atoms with Crippen LogP contribution in [0.2, 0.25) is 0 Å². The molecule has 0 aliphatic carbocycles. The highest BCUT2D eigenvalue weighted by molar-refractivity contribution is 7.79. The minimum Gasteiger partial charge on any atom is -0.400 e. The summed E-state index contributed by atoms with van der Waals surface area (Å²) in [6.45, 7) is 14.9. The lowest BCUT2D eigenvalue weighted by Gasteiger charge is -2.27. The molecule has 0 saturated carbocycles. The predicted octanol–water partition coefficient (Wildman–Crippen LogP) is 3.52. The molecule has 1 aliphatic rings. The first-order chi connectivity index (χ1) is 12.0. The molecule has 1 unspecified atom stereocenters. The fourth-order valence-electron chi connectivity index (χ4n) is 1.94. The van der Waals surface area contributed by atoms with E-state index in [0.717, 1.165) is 5.56 Å². The molecule has 0 spiro atoms. The van der Waals surface area contributed by atoms with Crippen LogP contribution in [0.3, 0.4) is 0 Å². The summed E-state index contributed by atoms with van der Waals surface area (Å²) in [5.41, 5.74) is 1.40. The summed E-state index contributed by atoms with van der Waals surface area (Å²) >= 11 is -1.45. The van der Waals surface area contributed by atoms with Gasteiger partial charge in [0.05, 0.1) is 18.8 Å². The second kappa shape index (κ2) is 13.4. The van der Waals surface area contributed by atoms with Gasteiger partial charge in [0, 0.05) is 19.3 Å². The molecule has 1 aliphatic heterocycles. The number of morpholine rings is 1. The van der Waals surface area contributed by atoms with Crippen molar-refractivity contribution in [2.45, 2.75) is 20.8 Å². The van der Waals surface area contributed by atoms with E-state index in [1.165, 1.54) is 6.26 Å². The molecule has 0 bridgehead atoms. The van der Waals surface area contributed by atoms with Crippen LogP contribution in [0, 0.1) is 6.92 Å². The SMILES string of the molecule is C=CC=C.CC.Cc1ccc(C(=O)N2CCOCC2)c(OS(C)=O)c1. The van der Waals surface area contributed by atoms with Crippen LogP contribution in [-0.2, 0) is 15.8 Å². The number of hydrogen-bond acceptors (Lipinski definition) is 4. The van der Waals surface area contributed by atoms with E-state index >= 15 is 0 Å². The topological polar surface area (TPSA) is 55.8 Å². The lowest BCUT2D eigenvalue weighted by Crippen LogP contribution is -2.40. The number of allylic oxidation sites excluding steroid dienone is 2. The molecule has 0 aromatic heterocycles. The molecule has 6 heteroatoms. The lowest BCUT2D eigenvalue weighted by molar-refractivity contribution is 0.0302. The van der Waals surface area contributed by atoms with Crippen LogP contribution in [0.4, 0.5) is 0 Å². The Morgan fingerprint density at radius 3 is 2.28 bits per heavy atom. The van der Waals surface area contributed by atoms with Gasteiger partial charge in [0.2, 0.25) is 11.1 Å². The highest BCUT2D eigenvalue weighted by Gasteiger charge is 2.22. The molecule has 1 amide bonds. The van der Waals surface area contributed by atoms with Crippen LogP contribution in [-0.4, -0.2) is 47.6 Å². The summed E-state index contributed by atoms with van der Waals surface area (Å²) in [4.78, 5) is 14.1. The number of rotatable bonds is 4. The van der Waals surface area contributed by atoms with E-state index in [9.17, 15) is 9.00 Å². The molecule has 1 saturated heterocycles. The van der Waals surface area contributed by atoms with Gasteiger partial charge >= 0.3 is 0 Å². The molecule has 1 atom stereocenters. The van der Waals surface area contributed by atoms with Crippen LogP contribution in [0.15, 0.2) is 43.5 Å². The van der Waals surface area contributed by atoms with Crippen LogP contribution < -0.4 is 4.18 Å². The highest BCUT2D eigenvalue weighted by Crippen LogP contribution is 2.23. The summed E-state index contributed by atoms with van der Waals surface area (Å²) < 4.78 is 21.7. The van der Waals surface area contributed by atoms with Gasteiger partial charge in [-0.2, -0.15) is 0 Å². The highest BCUT2D eigenvalue weighted by atomic mass is 32.2. The number of carbonyl (C=O) groups excluding carboxylic acids is 1. The molecular weight excluding hydrogens is 338 g/mol. The summed E-state index contributed by atoms with van der Waals surface area (Å²) in [6.07, 6.45) is 4.71. The Kier molecular flexibility index (Phi) is 12.4. The van der Waals surface area contributed by atoms with Gasteiger partial charge in [-0.25, -0.2) is 4.21 Å². The number of amides is 1. The van der Waals surface area contributed by atoms with Crippen LogP contribution in [0.5, 0.6) is 5.75 Å². The molecular formula is C19H29NO4S. The lowest BCUT2D eigenvalue weighted by atomic mass is 10.1. The number of aryl methyl sites for hydroxylation is 1. The van der Waals surface area contributed by atoms with Crippen molar-refractivity contribution in [1.29, 1.82) is 0 Å². The first-order valence-corrected chi connectivity index (χ1v) is 9.70. The average Bonchev–Trinajstić information content (AvgIpc) is 2.63. The first-order valence-electron chi connectivity index (χ1n) is 8.22. The van der Waals surface area contributed by atoms with Crippen molar-refractivity contribution in [1.82, 2.24) is 4.90 Å². The zero-order valence-electron chi connectivity index (χ0n) is 15.6. The zero-order valence-corrected chi connectivity index (χ0v) is 16.4. The van der Waals surface area contributed by atoms with E-state index in [0.29, 0.717) is 37.6 Å². The van der Waals surface area contributed by atoms with E-state index in [1.54, 1.807) is 29.2 Å². The largest absolute Gasteiger partial charge is 0.400 e. The Balaban J connectivity index is 0.000000845. The normalized spacial score (nSPS) is 14.0. The van der Waals surface area contributed by atoms with Crippen LogP contribution in [0.1, 0.15) is 29.8 Å². The van der Waals surface area contributed by atoms with Crippen molar-refractivity contribution >= 4 is 17.0 Å². The third-order valence-electron chi connectivity index (χ3n) is 3.04. The molecule has 1 fully saturated rings. The summed E-state index contributed by atoms with van der Waals surface area (Å²) in [5.74, 6) is 0.265. The van der Waals surface area contributed by atoms with Gasteiger partial charge in [-0.05, 0) is 24.6 Å². The Labute approximate surface area is 154 Å². The molecule has 140 valence electrons. The maximum Gasteiger partial charge on any atom is 0.257 e. The molecule has 0 N–H and O–H groups in total. The Morgan fingerprint density at radius 2 is 1.80 bits per heavy atom. The minimum atomic E-state index is -1.45. The van der Waals surface area contributed by atoms with E-state index in [2.05, 4.69) is 13.2 Å². The fourth-order valence-corrected chi connectivity index (χ4v) is 2.33. The van der Waals surface area contributed by atoms with E-state index in [-0.39, 0.29) is 5.91 Å². The molecule has 1 aromatic carbocycles. The second-order valence-electron chi connectivity index (χ2n) is 4.86. The minimum absolute atomic E-state index is 0.108. The Morgan fingerprint density at radius 1 is 1.24 bits per heavy atom. The van der Waals surface area contributed by atoms with Gasteiger partial charge < -0.3 is 13.8 Å². The van der Waals surface area contributed by atoms with Crippen LogP contribution in [0.25, 0.3) is 0 Å². The average molecular weight is 368 g/mol. The maximum absolute atomic E-state index is 12.4. The van der Waals surface area contributed by atoms with Crippen molar-refractivity contribution in [2.75, 3.05) is 32.6 Å². The Hall–Kier alpha value is -1.92. The third kappa shape index (κ3) is 8.65. The van der Waals surface area contributed by atoms with Crippen molar-refractivity contribution in [2.24, 2.45) is 0 Å². The number of nitrogens with zero attached hydrogens (tertiary/aromatic N) is 1. The smallest absolute Gasteiger partial charge is 0.257 e. The van der Waals surface area contributed by atoms with Gasteiger partial charge in [-0.3, -0.25) is 4.79 Å². The Bertz CT molecular complexity index is 575. The molecule has 1 aromatic rings. The van der Waals surface area contributed by atoms with Gasteiger partial charge in [-0.1, -0.05) is 45.2 Å². The number of benzene rings is 1. The summed E-state index contributed by atoms with van der Waals surface area (Å²) in [6, 6.07) is 5.30. The number of carbonyl (C=O) groups is 1. The third-order valence-corrected chi connectivity index (χ3v) is 3.45. The zero-order chi connectivity index (χ0) is 19.2. The number of ether oxygens (including phenoxy) is 1. The quantitative estimate of drug-likeness (QED) is 0.764. The van der Waals surface area contributed by atoms with Crippen molar-refractivity contribution in [3.8, 4) is 5.75 Å². The maximum atomic E-state index is 12.4. The first kappa shape index (κ1) is 23.1.